The van der Waals surface area contributed by atoms with E-state index in [1.54, 1.807) is 13.2 Å². The van der Waals surface area contributed by atoms with Crippen molar-refractivity contribution in [2.75, 3.05) is 12.9 Å². The first kappa shape index (κ1) is 15.4. The van der Waals surface area contributed by atoms with E-state index in [1.165, 1.54) is 29.5 Å². The van der Waals surface area contributed by atoms with Crippen LogP contribution in [0.1, 0.15) is 15.9 Å². The minimum absolute atomic E-state index is 0.288. The standard InChI is InChI=1S/C16H15FO3S/c1-20-12-4-2-11(3-5-12)8-9-21-13-6-7-15(17)14(10-13)16(18)19/h2-7,10H,8-9H2,1H3,(H,18,19). The molecule has 0 aliphatic heterocycles. The van der Waals surface area contributed by atoms with Gasteiger partial charge in [0.05, 0.1) is 12.7 Å². The van der Waals surface area contributed by atoms with Crippen LogP contribution in [0.25, 0.3) is 0 Å². The van der Waals surface area contributed by atoms with Crippen molar-refractivity contribution in [1.29, 1.82) is 0 Å². The van der Waals surface area contributed by atoms with Crippen LogP contribution in [0, 0.1) is 5.82 Å². The molecule has 0 bridgehead atoms. The third-order valence-corrected chi connectivity index (χ3v) is 3.98. The van der Waals surface area contributed by atoms with Crippen molar-refractivity contribution in [3.05, 3.63) is 59.4 Å². The number of hydrogen-bond acceptors (Lipinski definition) is 3. The molecule has 0 aliphatic rings. The molecule has 0 aromatic heterocycles. The number of thioether (sulfide) groups is 1. The fourth-order valence-electron chi connectivity index (χ4n) is 1.84. The van der Waals surface area contributed by atoms with Gasteiger partial charge in [0.25, 0.3) is 0 Å². The molecule has 0 fully saturated rings. The maximum Gasteiger partial charge on any atom is 0.338 e. The van der Waals surface area contributed by atoms with E-state index in [0.29, 0.717) is 0 Å². The molecule has 5 heteroatoms. The summed E-state index contributed by atoms with van der Waals surface area (Å²) in [6.07, 6.45) is 0.842. The highest BCUT2D eigenvalue weighted by Crippen LogP contribution is 2.22. The van der Waals surface area contributed by atoms with Crippen molar-refractivity contribution < 1.29 is 19.0 Å². The first-order valence-electron chi connectivity index (χ1n) is 6.38. The van der Waals surface area contributed by atoms with Gasteiger partial charge in [-0.3, -0.25) is 0 Å². The average molecular weight is 306 g/mol. The number of halogens is 1. The summed E-state index contributed by atoms with van der Waals surface area (Å²) in [5.74, 6) is -0.347. The summed E-state index contributed by atoms with van der Waals surface area (Å²) >= 11 is 1.50. The number of rotatable bonds is 6. The Balaban J connectivity index is 1.93. The summed E-state index contributed by atoms with van der Waals surface area (Å²) in [6, 6.07) is 12.0. The van der Waals surface area contributed by atoms with Gasteiger partial charge in [-0.15, -0.1) is 11.8 Å². The molecular formula is C16H15FO3S. The van der Waals surface area contributed by atoms with E-state index in [1.807, 2.05) is 24.3 Å². The highest BCUT2D eigenvalue weighted by molar-refractivity contribution is 7.99. The molecule has 0 heterocycles. The minimum Gasteiger partial charge on any atom is -0.497 e. The van der Waals surface area contributed by atoms with Crippen LogP contribution >= 0.6 is 11.8 Å². The number of benzene rings is 2. The van der Waals surface area contributed by atoms with Gasteiger partial charge in [-0.2, -0.15) is 0 Å². The highest BCUT2D eigenvalue weighted by atomic mass is 32.2. The topological polar surface area (TPSA) is 46.5 Å². The number of carboxylic acids is 1. The number of carboxylic acid groups (broad SMARTS) is 1. The third kappa shape index (κ3) is 4.23. The zero-order valence-corrected chi connectivity index (χ0v) is 12.3. The molecule has 0 saturated heterocycles. The fraction of sp³-hybridized carbons (Fsp3) is 0.188. The second-order valence-corrected chi connectivity index (χ2v) is 5.56. The summed E-state index contributed by atoms with van der Waals surface area (Å²) in [5.41, 5.74) is 0.883. The molecule has 0 aliphatic carbocycles. The van der Waals surface area contributed by atoms with Crippen molar-refractivity contribution in [2.24, 2.45) is 0 Å². The molecule has 21 heavy (non-hydrogen) atoms. The van der Waals surface area contributed by atoms with Crippen LogP contribution in [0.15, 0.2) is 47.4 Å². The largest absolute Gasteiger partial charge is 0.497 e. The number of methoxy groups -OCH3 is 1. The van der Waals surface area contributed by atoms with Crippen molar-refractivity contribution in [1.82, 2.24) is 0 Å². The van der Waals surface area contributed by atoms with Gasteiger partial charge < -0.3 is 9.84 Å². The summed E-state index contributed by atoms with van der Waals surface area (Å²) in [4.78, 5) is 11.6. The maximum atomic E-state index is 13.3. The normalized spacial score (nSPS) is 10.4. The fourth-order valence-corrected chi connectivity index (χ4v) is 2.78. The smallest absolute Gasteiger partial charge is 0.338 e. The Morgan fingerprint density at radius 3 is 2.57 bits per heavy atom. The van der Waals surface area contributed by atoms with Crippen LogP contribution in [-0.4, -0.2) is 23.9 Å². The van der Waals surface area contributed by atoms with Gasteiger partial charge in [-0.05, 0) is 42.3 Å². The van der Waals surface area contributed by atoms with Crippen LogP contribution < -0.4 is 4.74 Å². The van der Waals surface area contributed by atoms with Gasteiger partial charge in [-0.25, -0.2) is 9.18 Å². The molecule has 0 saturated carbocycles. The SMILES string of the molecule is COc1ccc(CCSc2ccc(F)c(C(=O)O)c2)cc1. The van der Waals surface area contributed by atoms with E-state index in [2.05, 4.69) is 0 Å². The van der Waals surface area contributed by atoms with Gasteiger partial charge >= 0.3 is 5.97 Å². The molecule has 0 spiro atoms. The van der Waals surface area contributed by atoms with Crippen molar-refractivity contribution >= 4 is 17.7 Å². The maximum absolute atomic E-state index is 13.3. The molecule has 0 atom stereocenters. The second-order valence-electron chi connectivity index (χ2n) is 4.39. The van der Waals surface area contributed by atoms with Crippen molar-refractivity contribution in [3.8, 4) is 5.75 Å². The molecule has 1 N–H and O–H groups in total. The molecule has 0 radical (unpaired) electrons. The van der Waals surface area contributed by atoms with Crippen molar-refractivity contribution in [2.45, 2.75) is 11.3 Å². The Morgan fingerprint density at radius 1 is 1.24 bits per heavy atom. The van der Waals surface area contributed by atoms with E-state index in [9.17, 15) is 9.18 Å². The Kier molecular flexibility index (Phi) is 5.22. The molecule has 2 rings (SSSR count). The zero-order valence-electron chi connectivity index (χ0n) is 11.5. The third-order valence-electron chi connectivity index (χ3n) is 2.99. The Hall–Kier alpha value is -2.01. The lowest BCUT2D eigenvalue weighted by Crippen LogP contribution is -2.00. The Labute approximate surface area is 126 Å². The van der Waals surface area contributed by atoms with Crippen LogP contribution in [-0.2, 0) is 6.42 Å². The van der Waals surface area contributed by atoms with Gasteiger partial charge in [0.1, 0.15) is 11.6 Å². The van der Waals surface area contributed by atoms with Crippen LogP contribution in [0.5, 0.6) is 5.75 Å². The second kappa shape index (κ2) is 7.13. The van der Waals surface area contributed by atoms with Crippen LogP contribution in [0.4, 0.5) is 4.39 Å². The minimum atomic E-state index is -1.25. The van der Waals surface area contributed by atoms with Crippen LogP contribution in [0.3, 0.4) is 0 Å². The lowest BCUT2D eigenvalue weighted by atomic mass is 10.2. The Morgan fingerprint density at radius 2 is 1.95 bits per heavy atom. The number of aromatic carboxylic acids is 1. The van der Waals surface area contributed by atoms with Gasteiger partial charge in [0.2, 0.25) is 0 Å². The average Bonchev–Trinajstić information content (AvgIpc) is 2.49. The lowest BCUT2D eigenvalue weighted by Gasteiger charge is -2.05. The summed E-state index contributed by atoms with van der Waals surface area (Å²) < 4.78 is 18.4. The molecule has 2 aromatic carbocycles. The number of aryl methyl sites for hydroxylation is 1. The van der Waals surface area contributed by atoms with E-state index >= 15 is 0 Å². The van der Waals surface area contributed by atoms with Gasteiger partial charge in [-0.1, -0.05) is 12.1 Å². The number of hydrogen-bond donors (Lipinski definition) is 1. The lowest BCUT2D eigenvalue weighted by molar-refractivity contribution is 0.0691. The number of ether oxygens (including phenoxy) is 1. The van der Waals surface area contributed by atoms with Gasteiger partial charge in [0.15, 0.2) is 0 Å². The monoisotopic (exact) mass is 306 g/mol. The first-order valence-corrected chi connectivity index (χ1v) is 7.37. The first-order chi connectivity index (χ1) is 10.1. The predicted octanol–water partition coefficient (Wildman–Crippen LogP) is 3.87. The number of carbonyl (C=O) groups is 1. The Bertz CT molecular complexity index is 626. The predicted molar refractivity (Wildman–Crippen MR) is 80.8 cm³/mol. The van der Waals surface area contributed by atoms with Crippen molar-refractivity contribution in [3.63, 3.8) is 0 Å². The quantitative estimate of drug-likeness (QED) is 0.823. The van der Waals surface area contributed by atoms with E-state index < -0.39 is 11.8 Å². The van der Waals surface area contributed by atoms with Gasteiger partial charge in [0, 0.05) is 10.6 Å². The molecule has 3 nitrogen and oxygen atoms in total. The molecule has 2 aromatic rings. The summed E-state index contributed by atoms with van der Waals surface area (Å²) in [5, 5.41) is 8.88. The summed E-state index contributed by atoms with van der Waals surface area (Å²) in [6.45, 7) is 0. The molecule has 0 unspecified atom stereocenters. The molecule has 110 valence electrons. The highest BCUT2D eigenvalue weighted by Gasteiger charge is 2.10. The van der Waals surface area contributed by atoms with E-state index in [4.69, 9.17) is 9.84 Å². The van der Waals surface area contributed by atoms with E-state index in [0.717, 1.165) is 22.8 Å². The summed E-state index contributed by atoms with van der Waals surface area (Å²) in [7, 11) is 1.62. The zero-order chi connectivity index (χ0) is 15.2. The molecular weight excluding hydrogens is 291 g/mol. The van der Waals surface area contributed by atoms with E-state index in [-0.39, 0.29) is 5.56 Å². The van der Waals surface area contributed by atoms with Crippen LogP contribution in [0.2, 0.25) is 0 Å². The molecule has 0 amide bonds.